The number of sulfonamides is 1. The molecule has 31 heavy (non-hydrogen) atoms. The second kappa shape index (κ2) is 8.01. The fraction of sp³-hybridized carbons (Fsp3) is 0.0455. The summed E-state index contributed by atoms with van der Waals surface area (Å²) < 4.78 is 67.2. The van der Waals surface area contributed by atoms with Crippen molar-refractivity contribution in [3.05, 3.63) is 83.4 Å². The monoisotopic (exact) mass is 443 g/mol. The van der Waals surface area contributed by atoms with Crippen molar-refractivity contribution in [2.75, 3.05) is 7.05 Å². The highest BCUT2D eigenvalue weighted by atomic mass is 32.2. The van der Waals surface area contributed by atoms with E-state index < -0.39 is 27.5 Å². The van der Waals surface area contributed by atoms with Crippen LogP contribution in [0.3, 0.4) is 0 Å². The highest BCUT2D eigenvalue weighted by molar-refractivity contribution is 7.89. The number of aromatic nitrogens is 2. The lowest BCUT2D eigenvalue weighted by atomic mass is 10.1. The second-order valence-corrected chi connectivity index (χ2v) is 8.51. The first kappa shape index (κ1) is 20.8. The van der Waals surface area contributed by atoms with Gasteiger partial charge in [0.2, 0.25) is 10.0 Å². The number of rotatable bonds is 5. The van der Waals surface area contributed by atoms with Gasteiger partial charge in [0.25, 0.3) is 0 Å². The lowest BCUT2D eigenvalue weighted by Gasteiger charge is -2.09. The van der Waals surface area contributed by atoms with Crippen LogP contribution in [-0.2, 0) is 10.0 Å². The number of benzene rings is 3. The van der Waals surface area contributed by atoms with E-state index in [0.717, 1.165) is 12.1 Å². The van der Waals surface area contributed by atoms with Gasteiger partial charge in [0, 0.05) is 11.1 Å². The first-order valence-electron chi connectivity index (χ1n) is 9.14. The van der Waals surface area contributed by atoms with Crippen LogP contribution in [0.4, 0.5) is 13.2 Å². The third-order valence-corrected chi connectivity index (χ3v) is 6.22. The van der Waals surface area contributed by atoms with Gasteiger partial charge in [-0.05, 0) is 55.1 Å². The molecule has 0 aliphatic carbocycles. The number of aromatic amines is 1. The van der Waals surface area contributed by atoms with Crippen molar-refractivity contribution in [3.8, 4) is 11.1 Å². The summed E-state index contributed by atoms with van der Waals surface area (Å²) in [6.07, 6.45) is 2.72. The number of hydrogen-bond acceptors (Lipinski definition) is 3. The van der Waals surface area contributed by atoms with Gasteiger partial charge in [0.05, 0.1) is 15.9 Å². The van der Waals surface area contributed by atoms with E-state index in [2.05, 4.69) is 14.7 Å². The molecule has 0 fully saturated rings. The SMILES string of the molecule is CNS(=O)(=O)c1ccccc1-c1ccc2[nH]c(/C=C/c3ccc(F)c(F)c3F)nc2c1. The van der Waals surface area contributed by atoms with E-state index in [4.69, 9.17) is 0 Å². The lowest BCUT2D eigenvalue weighted by molar-refractivity contribution is 0.446. The predicted molar refractivity (Wildman–Crippen MR) is 113 cm³/mol. The molecular weight excluding hydrogens is 427 g/mol. The molecule has 4 rings (SSSR count). The molecule has 4 aromatic rings. The van der Waals surface area contributed by atoms with Gasteiger partial charge in [-0.1, -0.05) is 24.3 Å². The molecule has 9 heteroatoms. The van der Waals surface area contributed by atoms with Gasteiger partial charge in [-0.15, -0.1) is 0 Å². The van der Waals surface area contributed by atoms with Crippen molar-refractivity contribution in [1.82, 2.24) is 14.7 Å². The summed E-state index contributed by atoms with van der Waals surface area (Å²) >= 11 is 0. The molecule has 0 amide bonds. The maximum Gasteiger partial charge on any atom is 0.240 e. The Morgan fingerprint density at radius 1 is 0.968 bits per heavy atom. The molecular formula is C22H16F3N3O2S. The maximum atomic E-state index is 13.8. The van der Waals surface area contributed by atoms with E-state index in [1.54, 1.807) is 36.4 Å². The van der Waals surface area contributed by atoms with Crippen molar-refractivity contribution in [3.63, 3.8) is 0 Å². The highest BCUT2D eigenvalue weighted by Gasteiger charge is 2.17. The van der Waals surface area contributed by atoms with Gasteiger partial charge in [-0.25, -0.2) is 31.3 Å². The summed E-state index contributed by atoms with van der Waals surface area (Å²) in [6, 6.07) is 13.8. The molecule has 0 bridgehead atoms. The Bertz CT molecular complexity index is 1430. The van der Waals surface area contributed by atoms with E-state index in [-0.39, 0.29) is 10.5 Å². The Labute approximate surface area is 176 Å². The van der Waals surface area contributed by atoms with Gasteiger partial charge in [-0.3, -0.25) is 0 Å². The third-order valence-electron chi connectivity index (χ3n) is 4.74. The van der Waals surface area contributed by atoms with Crippen molar-refractivity contribution < 1.29 is 21.6 Å². The van der Waals surface area contributed by atoms with Crippen molar-refractivity contribution in [2.24, 2.45) is 0 Å². The van der Waals surface area contributed by atoms with Crippen LogP contribution >= 0.6 is 0 Å². The molecule has 0 saturated heterocycles. The van der Waals surface area contributed by atoms with Crippen molar-refractivity contribution >= 4 is 33.2 Å². The summed E-state index contributed by atoms with van der Waals surface area (Å²) in [5, 5.41) is 0. The number of nitrogens with zero attached hydrogens (tertiary/aromatic N) is 1. The summed E-state index contributed by atoms with van der Waals surface area (Å²) in [6.45, 7) is 0. The molecule has 0 unspecified atom stereocenters. The Morgan fingerprint density at radius 2 is 1.74 bits per heavy atom. The Balaban J connectivity index is 1.72. The minimum absolute atomic E-state index is 0.119. The fourth-order valence-corrected chi connectivity index (χ4v) is 4.11. The van der Waals surface area contributed by atoms with Crippen molar-refractivity contribution in [1.29, 1.82) is 0 Å². The zero-order valence-corrected chi connectivity index (χ0v) is 17.0. The van der Waals surface area contributed by atoms with E-state index in [9.17, 15) is 21.6 Å². The van der Waals surface area contributed by atoms with Crippen LogP contribution < -0.4 is 4.72 Å². The lowest BCUT2D eigenvalue weighted by Crippen LogP contribution is -2.19. The van der Waals surface area contributed by atoms with Crippen LogP contribution in [-0.4, -0.2) is 25.4 Å². The van der Waals surface area contributed by atoms with Gasteiger partial charge >= 0.3 is 0 Å². The fourth-order valence-electron chi connectivity index (χ4n) is 3.16. The molecule has 0 atom stereocenters. The normalized spacial score (nSPS) is 12.1. The topological polar surface area (TPSA) is 74.8 Å². The molecule has 158 valence electrons. The molecule has 0 saturated carbocycles. The van der Waals surface area contributed by atoms with Gasteiger partial charge in [-0.2, -0.15) is 0 Å². The average Bonchev–Trinajstić information content (AvgIpc) is 3.19. The molecule has 1 heterocycles. The summed E-state index contributed by atoms with van der Waals surface area (Å²) in [7, 11) is -2.31. The number of H-pyrrole nitrogens is 1. The second-order valence-electron chi connectivity index (χ2n) is 6.66. The minimum Gasteiger partial charge on any atom is -0.338 e. The number of imidazole rings is 1. The molecule has 0 radical (unpaired) electrons. The summed E-state index contributed by atoms with van der Waals surface area (Å²) in [5.41, 5.74) is 2.27. The van der Waals surface area contributed by atoms with E-state index in [0.29, 0.717) is 28.0 Å². The maximum absolute atomic E-state index is 13.8. The van der Waals surface area contributed by atoms with Gasteiger partial charge in [0.1, 0.15) is 5.82 Å². The zero-order chi connectivity index (χ0) is 22.2. The summed E-state index contributed by atoms with van der Waals surface area (Å²) in [4.78, 5) is 7.57. The van der Waals surface area contributed by atoms with Crippen LogP contribution in [0.2, 0.25) is 0 Å². The predicted octanol–water partition coefficient (Wildman–Crippen LogP) is 4.73. The van der Waals surface area contributed by atoms with Crippen LogP contribution in [0.5, 0.6) is 0 Å². The Morgan fingerprint density at radius 3 is 2.52 bits per heavy atom. The van der Waals surface area contributed by atoms with E-state index in [1.807, 2.05) is 0 Å². The zero-order valence-electron chi connectivity index (χ0n) is 16.2. The third kappa shape index (κ3) is 3.97. The van der Waals surface area contributed by atoms with Crippen LogP contribution in [0.1, 0.15) is 11.4 Å². The minimum atomic E-state index is -3.66. The number of nitrogens with one attached hydrogen (secondary N) is 2. The first-order chi connectivity index (χ1) is 14.8. The summed E-state index contributed by atoms with van der Waals surface area (Å²) in [5.74, 6) is -3.71. The number of hydrogen-bond donors (Lipinski definition) is 2. The van der Waals surface area contributed by atoms with Crippen molar-refractivity contribution in [2.45, 2.75) is 4.90 Å². The van der Waals surface area contributed by atoms with Gasteiger partial charge < -0.3 is 4.98 Å². The first-order valence-corrected chi connectivity index (χ1v) is 10.6. The highest BCUT2D eigenvalue weighted by Crippen LogP contribution is 2.29. The molecule has 0 aliphatic heterocycles. The molecule has 2 N–H and O–H groups in total. The van der Waals surface area contributed by atoms with E-state index in [1.165, 1.54) is 25.3 Å². The molecule has 3 aromatic carbocycles. The van der Waals surface area contributed by atoms with E-state index >= 15 is 0 Å². The molecule has 5 nitrogen and oxygen atoms in total. The molecule has 0 aliphatic rings. The van der Waals surface area contributed by atoms with Crippen LogP contribution in [0.15, 0.2) is 59.5 Å². The van der Waals surface area contributed by atoms with Crippen LogP contribution in [0.25, 0.3) is 34.3 Å². The standard InChI is InChI=1S/C22H16F3N3O2S/c1-26-31(29,30)19-5-3-2-4-15(19)14-7-10-17-18(12-14)28-20(27-17)11-8-13-6-9-16(23)22(25)21(13)24/h2-12,26H,1H3,(H,27,28)/b11-8+. The number of halogens is 3. The average molecular weight is 443 g/mol. The molecule has 0 spiro atoms. The Hall–Kier alpha value is -3.43. The smallest absolute Gasteiger partial charge is 0.240 e. The largest absolute Gasteiger partial charge is 0.338 e. The Kier molecular flexibility index (Phi) is 5.38. The molecule has 1 aromatic heterocycles. The van der Waals surface area contributed by atoms with Crippen LogP contribution in [0, 0.1) is 17.5 Å². The number of fused-ring (bicyclic) bond motifs is 1. The van der Waals surface area contributed by atoms with Gasteiger partial charge in [0.15, 0.2) is 17.5 Å². The quantitative estimate of drug-likeness (QED) is 0.438.